The third-order valence-electron chi connectivity index (χ3n) is 2.61. The van der Waals surface area contributed by atoms with Gasteiger partial charge in [-0.1, -0.05) is 16.6 Å². The largest absolute Gasteiger partial charge is 0.304 e. The molecule has 1 aromatic carbocycles. The van der Waals surface area contributed by atoms with Gasteiger partial charge >= 0.3 is 0 Å². The molecule has 0 aliphatic carbocycles. The third kappa shape index (κ3) is 3.52. The maximum Gasteiger partial charge on any atom is 0.0893 e. The molecule has 0 fully saturated rings. The fourth-order valence-corrected chi connectivity index (χ4v) is 2.39. The molecule has 0 amide bonds. The van der Waals surface area contributed by atoms with E-state index in [2.05, 4.69) is 52.3 Å². The van der Waals surface area contributed by atoms with E-state index in [0.717, 1.165) is 12.2 Å². The van der Waals surface area contributed by atoms with Crippen LogP contribution in [0, 0.1) is 0 Å². The van der Waals surface area contributed by atoms with Crippen molar-refractivity contribution in [3.63, 3.8) is 0 Å². The van der Waals surface area contributed by atoms with Gasteiger partial charge in [0.25, 0.3) is 0 Å². The van der Waals surface area contributed by atoms with Crippen molar-refractivity contribution in [2.24, 2.45) is 0 Å². The highest BCUT2D eigenvalue weighted by molar-refractivity contribution is 7.98. The number of hydrogen-bond acceptors (Lipinski definition) is 5. The molecule has 17 heavy (non-hydrogen) atoms. The summed E-state index contributed by atoms with van der Waals surface area (Å²) in [6.45, 7) is 2.93. The summed E-state index contributed by atoms with van der Waals surface area (Å²) < 4.78 is 3.84. The fraction of sp³-hybridized carbons (Fsp3) is 0.333. The first-order valence-corrected chi connectivity index (χ1v) is 7.49. The minimum Gasteiger partial charge on any atom is -0.304 e. The SMILES string of the molecule is CSc1ccc(C(C)NCc2csnn2)cc1. The van der Waals surface area contributed by atoms with E-state index in [1.165, 1.54) is 22.0 Å². The lowest BCUT2D eigenvalue weighted by atomic mass is 10.1. The summed E-state index contributed by atoms with van der Waals surface area (Å²) >= 11 is 3.15. The smallest absolute Gasteiger partial charge is 0.0893 e. The number of nitrogens with one attached hydrogen (secondary N) is 1. The summed E-state index contributed by atoms with van der Waals surface area (Å²) in [7, 11) is 0. The van der Waals surface area contributed by atoms with Gasteiger partial charge in [0.15, 0.2) is 0 Å². The topological polar surface area (TPSA) is 37.8 Å². The summed E-state index contributed by atoms with van der Waals surface area (Å²) in [6, 6.07) is 8.98. The summed E-state index contributed by atoms with van der Waals surface area (Å²) in [5.41, 5.74) is 2.30. The molecule has 1 heterocycles. The first-order chi connectivity index (χ1) is 8.29. The van der Waals surface area contributed by atoms with Crippen molar-refractivity contribution >= 4 is 23.3 Å². The van der Waals surface area contributed by atoms with Gasteiger partial charge in [0.05, 0.1) is 5.69 Å². The minimum atomic E-state index is 0.326. The van der Waals surface area contributed by atoms with E-state index >= 15 is 0 Å². The Hall–Kier alpha value is -0.910. The van der Waals surface area contributed by atoms with Crippen molar-refractivity contribution < 1.29 is 0 Å². The molecule has 3 nitrogen and oxygen atoms in total. The Morgan fingerprint density at radius 2 is 2.12 bits per heavy atom. The van der Waals surface area contributed by atoms with Crippen LogP contribution in [0.4, 0.5) is 0 Å². The third-order valence-corrected chi connectivity index (χ3v) is 3.91. The zero-order valence-corrected chi connectivity index (χ0v) is 11.5. The molecule has 0 saturated carbocycles. The molecule has 0 spiro atoms. The highest BCUT2D eigenvalue weighted by Gasteiger charge is 2.05. The molecule has 0 aliphatic rings. The fourth-order valence-electron chi connectivity index (χ4n) is 1.53. The van der Waals surface area contributed by atoms with E-state index in [0.29, 0.717) is 6.04 Å². The van der Waals surface area contributed by atoms with Crippen LogP contribution < -0.4 is 5.32 Å². The Morgan fingerprint density at radius 1 is 1.35 bits per heavy atom. The standard InChI is InChI=1S/C12H15N3S2/c1-9(13-7-11-8-17-15-14-11)10-3-5-12(16-2)6-4-10/h3-6,8-9,13H,7H2,1-2H3. The van der Waals surface area contributed by atoms with E-state index < -0.39 is 0 Å². The van der Waals surface area contributed by atoms with Gasteiger partial charge in [0.2, 0.25) is 0 Å². The van der Waals surface area contributed by atoms with Crippen LogP contribution in [0.1, 0.15) is 24.2 Å². The highest BCUT2D eigenvalue weighted by Crippen LogP contribution is 2.19. The zero-order chi connectivity index (χ0) is 12.1. The predicted octanol–water partition coefficient (Wildman–Crippen LogP) is 3.11. The Kier molecular flexibility index (Phi) is 4.53. The van der Waals surface area contributed by atoms with E-state index in [1.807, 2.05) is 5.38 Å². The van der Waals surface area contributed by atoms with E-state index in [1.54, 1.807) is 11.8 Å². The van der Waals surface area contributed by atoms with Crippen molar-refractivity contribution in [3.8, 4) is 0 Å². The summed E-state index contributed by atoms with van der Waals surface area (Å²) in [5, 5.41) is 9.42. The van der Waals surface area contributed by atoms with E-state index in [-0.39, 0.29) is 0 Å². The molecule has 2 aromatic rings. The molecule has 1 atom stereocenters. The average Bonchev–Trinajstić information content (AvgIpc) is 2.89. The number of aromatic nitrogens is 2. The van der Waals surface area contributed by atoms with Gasteiger partial charge in [-0.25, -0.2) is 0 Å². The lowest BCUT2D eigenvalue weighted by molar-refractivity contribution is 0.567. The highest BCUT2D eigenvalue weighted by atomic mass is 32.2. The minimum absolute atomic E-state index is 0.326. The average molecular weight is 265 g/mol. The van der Waals surface area contributed by atoms with Crippen LogP contribution in [0.5, 0.6) is 0 Å². The molecule has 5 heteroatoms. The Morgan fingerprint density at radius 3 is 2.71 bits per heavy atom. The Bertz CT molecular complexity index is 439. The second kappa shape index (κ2) is 6.14. The van der Waals surface area contributed by atoms with Gasteiger partial charge in [-0.15, -0.1) is 16.9 Å². The van der Waals surface area contributed by atoms with Gasteiger partial charge in [0, 0.05) is 22.9 Å². The van der Waals surface area contributed by atoms with Gasteiger partial charge < -0.3 is 5.32 Å². The van der Waals surface area contributed by atoms with Crippen LogP contribution in [0.25, 0.3) is 0 Å². The van der Waals surface area contributed by atoms with Gasteiger partial charge in [-0.2, -0.15) is 0 Å². The van der Waals surface area contributed by atoms with Crippen LogP contribution in [0.2, 0.25) is 0 Å². The van der Waals surface area contributed by atoms with E-state index in [4.69, 9.17) is 0 Å². The molecule has 1 N–H and O–H groups in total. The van der Waals surface area contributed by atoms with Gasteiger partial charge in [-0.3, -0.25) is 0 Å². The molecule has 0 saturated heterocycles. The molecular weight excluding hydrogens is 250 g/mol. The summed E-state index contributed by atoms with van der Waals surface area (Å²) in [6.07, 6.45) is 2.09. The number of rotatable bonds is 5. The van der Waals surface area contributed by atoms with Gasteiger partial charge in [-0.05, 0) is 42.4 Å². The van der Waals surface area contributed by atoms with Crippen molar-refractivity contribution in [1.82, 2.24) is 14.9 Å². The van der Waals surface area contributed by atoms with Crippen LogP contribution in [0.3, 0.4) is 0 Å². The lowest BCUT2D eigenvalue weighted by Gasteiger charge is -2.13. The van der Waals surface area contributed by atoms with Crippen molar-refractivity contribution in [2.45, 2.75) is 24.4 Å². The zero-order valence-electron chi connectivity index (χ0n) is 9.88. The summed E-state index contributed by atoms with van der Waals surface area (Å²) in [4.78, 5) is 1.30. The molecule has 2 rings (SSSR count). The van der Waals surface area contributed by atoms with Crippen LogP contribution >= 0.6 is 23.3 Å². The maximum absolute atomic E-state index is 4.01. The van der Waals surface area contributed by atoms with Crippen molar-refractivity contribution in [1.29, 1.82) is 0 Å². The number of hydrogen-bond donors (Lipinski definition) is 1. The molecule has 90 valence electrons. The Labute approximate surface area is 110 Å². The number of benzene rings is 1. The molecule has 0 bridgehead atoms. The van der Waals surface area contributed by atoms with Gasteiger partial charge in [0.1, 0.15) is 0 Å². The lowest BCUT2D eigenvalue weighted by Crippen LogP contribution is -2.18. The van der Waals surface area contributed by atoms with Crippen molar-refractivity contribution in [2.75, 3.05) is 6.26 Å². The van der Waals surface area contributed by atoms with E-state index in [9.17, 15) is 0 Å². The molecular formula is C12H15N3S2. The molecule has 1 aromatic heterocycles. The second-order valence-corrected chi connectivity index (χ2v) is 5.26. The molecule has 1 unspecified atom stereocenters. The normalized spacial score (nSPS) is 12.6. The first kappa shape index (κ1) is 12.5. The van der Waals surface area contributed by atoms with Crippen LogP contribution in [-0.2, 0) is 6.54 Å². The predicted molar refractivity (Wildman–Crippen MR) is 73.4 cm³/mol. The quantitative estimate of drug-likeness (QED) is 0.843. The second-order valence-electron chi connectivity index (χ2n) is 3.77. The first-order valence-electron chi connectivity index (χ1n) is 5.43. The maximum atomic E-state index is 4.01. The number of thioether (sulfide) groups is 1. The monoisotopic (exact) mass is 265 g/mol. The molecule has 0 aliphatic heterocycles. The summed E-state index contributed by atoms with van der Waals surface area (Å²) in [5.74, 6) is 0. The van der Waals surface area contributed by atoms with Crippen LogP contribution in [-0.4, -0.2) is 15.8 Å². The van der Waals surface area contributed by atoms with Crippen LogP contribution in [0.15, 0.2) is 34.5 Å². The Balaban J connectivity index is 1.92. The molecule has 0 radical (unpaired) electrons. The van der Waals surface area contributed by atoms with Crippen molar-refractivity contribution in [3.05, 3.63) is 40.9 Å². The number of nitrogens with zero attached hydrogens (tertiary/aromatic N) is 2.